The van der Waals surface area contributed by atoms with Crippen molar-refractivity contribution in [1.29, 1.82) is 0 Å². The molecule has 10 aromatic carbocycles. The summed E-state index contributed by atoms with van der Waals surface area (Å²) >= 11 is 0. The molecule has 12 aromatic rings. The predicted octanol–water partition coefficient (Wildman–Crippen LogP) is 16.3. The first kappa shape index (κ1) is 33.3. The number of hydrogen-bond donors (Lipinski definition) is 0. The zero-order chi connectivity index (χ0) is 38.9. The Bertz CT molecular complexity index is 3540. The Labute approximate surface area is 340 Å². The molecule has 3 nitrogen and oxygen atoms in total. The van der Waals surface area contributed by atoms with Crippen LogP contribution in [0.1, 0.15) is 0 Å². The second-order valence-electron chi connectivity index (χ2n) is 15.2. The molecule has 3 heteroatoms. The van der Waals surface area contributed by atoms with Gasteiger partial charge in [0.15, 0.2) is 0 Å². The minimum Gasteiger partial charge on any atom is -0.455 e. The molecule has 0 aliphatic heterocycles. The maximum Gasteiger partial charge on any atom is 0.145 e. The lowest BCUT2D eigenvalue weighted by molar-refractivity contribution is 0.669. The molecule has 12 rings (SSSR count). The van der Waals surface area contributed by atoms with Gasteiger partial charge in [-0.2, -0.15) is 0 Å². The molecule has 0 aliphatic carbocycles. The fraction of sp³-hybridized carbons (Fsp3) is 0. The quantitative estimate of drug-likeness (QED) is 0.158. The smallest absolute Gasteiger partial charge is 0.145 e. The lowest BCUT2D eigenvalue weighted by atomic mass is 9.94. The van der Waals surface area contributed by atoms with E-state index in [1.807, 2.05) is 12.1 Å². The zero-order valence-corrected chi connectivity index (χ0v) is 32.0. The van der Waals surface area contributed by atoms with Gasteiger partial charge < -0.3 is 13.7 Å². The van der Waals surface area contributed by atoms with Crippen LogP contribution in [0.25, 0.3) is 98.8 Å². The Kier molecular flexibility index (Phi) is 7.54. The third-order valence-corrected chi connectivity index (χ3v) is 11.9. The van der Waals surface area contributed by atoms with Gasteiger partial charge in [-0.1, -0.05) is 164 Å². The number of anilines is 3. The highest BCUT2D eigenvalue weighted by Gasteiger charge is 2.24. The van der Waals surface area contributed by atoms with Crippen LogP contribution < -0.4 is 4.90 Å². The van der Waals surface area contributed by atoms with Crippen molar-refractivity contribution in [2.24, 2.45) is 0 Å². The molecule has 0 atom stereocenters. The molecular weight excluding hydrogens is 719 g/mol. The maximum absolute atomic E-state index is 6.80. The van der Waals surface area contributed by atoms with Crippen LogP contribution in [0.15, 0.2) is 221 Å². The zero-order valence-electron chi connectivity index (χ0n) is 32.0. The van der Waals surface area contributed by atoms with Crippen molar-refractivity contribution in [3.05, 3.63) is 212 Å². The molecule has 0 N–H and O–H groups in total. The lowest BCUT2D eigenvalue weighted by Gasteiger charge is -2.28. The first-order valence-corrected chi connectivity index (χ1v) is 20.1. The number of fused-ring (bicyclic) bond motifs is 9. The lowest BCUT2D eigenvalue weighted by Crippen LogP contribution is -2.11. The van der Waals surface area contributed by atoms with Crippen molar-refractivity contribution >= 4 is 82.5 Å². The fourth-order valence-electron chi connectivity index (χ4n) is 9.17. The Morgan fingerprint density at radius 3 is 1.51 bits per heavy atom. The summed E-state index contributed by atoms with van der Waals surface area (Å²) < 4.78 is 13.4. The minimum atomic E-state index is 0.863. The van der Waals surface area contributed by atoms with Crippen molar-refractivity contribution < 1.29 is 8.83 Å². The molecule has 0 amide bonds. The summed E-state index contributed by atoms with van der Waals surface area (Å²) in [4.78, 5) is 2.42. The van der Waals surface area contributed by atoms with Gasteiger partial charge in [-0.25, -0.2) is 0 Å². The second kappa shape index (κ2) is 13.4. The molecule has 0 aliphatic rings. The molecule has 276 valence electrons. The Hall–Kier alpha value is -7.88. The van der Waals surface area contributed by atoms with Crippen molar-refractivity contribution in [2.75, 3.05) is 4.90 Å². The van der Waals surface area contributed by atoms with E-state index in [9.17, 15) is 0 Å². The fourth-order valence-corrected chi connectivity index (χ4v) is 9.17. The molecule has 0 unspecified atom stereocenters. The van der Waals surface area contributed by atoms with Crippen LogP contribution in [0.3, 0.4) is 0 Å². The van der Waals surface area contributed by atoms with Crippen molar-refractivity contribution in [2.45, 2.75) is 0 Å². The van der Waals surface area contributed by atoms with Gasteiger partial charge in [0.05, 0.1) is 16.8 Å². The SMILES string of the molecule is c1ccc(-c2ccc(-c3ccc(N(c4cccc5c4ccc4ccccc45)c4ccc(-c5ccccc5)c5oc6ccccc6c45)cc3)c3c2oc2ccccc23)cc1. The molecule has 2 heterocycles. The number of furan rings is 2. The van der Waals surface area contributed by atoms with Gasteiger partial charge >= 0.3 is 0 Å². The van der Waals surface area contributed by atoms with Crippen LogP contribution in [0, 0.1) is 0 Å². The van der Waals surface area contributed by atoms with Gasteiger partial charge in [-0.15, -0.1) is 0 Å². The maximum atomic E-state index is 6.80. The molecule has 2 aromatic heterocycles. The highest BCUT2D eigenvalue weighted by molar-refractivity contribution is 6.20. The van der Waals surface area contributed by atoms with Crippen LogP contribution in [-0.2, 0) is 0 Å². The van der Waals surface area contributed by atoms with Crippen molar-refractivity contribution in [1.82, 2.24) is 0 Å². The average molecular weight is 754 g/mol. The van der Waals surface area contributed by atoms with E-state index in [2.05, 4.69) is 205 Å². The van der Waals surface area contributed by atoms with Gasteiger partial charge in [0, 0.05) is 38.4 Å². The summed E-state index contributed by atoms with van der Waals surface area (Å²) in [5.74, 6) is 0. The van der Waals surface area contributed by atoms with E-state index < -0.39 is 0 Å². The van der Waals surface area contributed by atoms with Crippen LogP contribution >= 0.6 is 0 Å². The Morgan fingerprint density at radius 2 is 0.814 bits per heavy atom. The van der Waals surface area contributed by atoms with E-state index in [1.165, 1.54) is 21.5 Å². The number of hydrogen-bond acceptors (Lipinski definition) is 3. The number of rotatable bonds is 6. The van der Waals surface area contributed by atoms with Gasteiger partial charge in [0.1, 0.15) is 22.3 Å². The van der Waals surface area contributed by atoms with E-state index in [0.29, 0.717) is 0 Å². The Morgan fingerprint density at radius 1 is 0.288 bits per heavy atom. The number of para-hydroxylation sites is 2. The van der Waals surface area contributed by atoms with E-state index in [1.54, 1.807) is 0 Å². The summed E-state index contributed by atoms with van der Waals surface area (Å²) in [5.41, 5.74) is 13.4. The summed E-state index contributed by atoms with van der Waals surface area (Å²) in [7, 11) is 0. The average Bonchev–Trinajstić information content (AvgIpc) is 3.90. The van der Waals surface area contributed by atoms with Crippen LogP contribution in [0.4, 0.5) is 17.1 Å². The van der Waals surface area contributed by atoms with Gasteiger partial charge in [-0.05, 0) is 86.9 Å². The molecule has 0 saturated heterocycles. The third-order valence-electron chi connectivity index (χ3n) is 11.9. The molecule has 0 bridgehead atoms. The number of benzene rings is 10. The highest BCUT2D eigenvalue weighted by atomic mass is 16.3. The monoisotopic (exact) mass is 753 g/mol. The normalized spacial score (nSPS) is 11.7. The summed E-state index contributed by atoms with van der Waals surface area (Å²) in [5, 5.41) is 9.22. The van der Waals surface area contributed by atoms with Crippen LogP contribution in [0.5, 0.6) is 0 Å². The summed E-state index contributed by atoms with van der Waals surface area (Å²) in [6.45, 7) is 0. The molecule has 0 radical (unpaired) electrons. The highest BCUT2D eigenvalue weighted by Crippen LogP contribution is 2.49. The molecule has 0 spiro atoms. The minimum absolute atomic E-state index is 0.863. The number of nitrogens with zero attached hydrogens (tertiary/aromatic N) is 1. The summed E-state index contributed by atoms with van der Waals surface area (Å²) in [6, 6.07) is 75.6. The first-order valence-electron chi connectivity index (χ1n) is 20.1. The largest absolute Gasteiger partial charge is 0.455 e. The van der Waals surface area contributed by atoms with Gasteiger partial charge in [0.25, 0.3) is 0 Å². The van der Waals surface area contributed by atoms with Gasteiger partial charge in [0.2, 0.25) is 0 Å². The van der Waals surface area contributed by atoms with E-state index in [-0.39, 0.29) is 0 Å². The first-order chi connectivity index (χ1) is 29.3. The third kappa shape index (κ3) is 5.29. The van der Waals surface area contributed by atoms with Crippen LogP contribution in [-0.4, -0.2) is 0 Å². The summed E-state index contributed by atoms with van der Waals surface area (Å²) in [6.07, 6.45) is 0. The molecule has 0 fully saturated rings. The van der Waals surface area contributed by atoms with Gasteiger partial charge in [-0.3, -0.25) is 0 Å². The molecular formula is C56H35NO2. The molecule has 0 saturated carbocycles. The molecule has 59 heavy (non-hydrogen) atoms. The van der Waals surface area contributed by atoms with Crippen molar-refractivity contribution in [3.8, 4) is 33.4 Å². The van der Waals surface area contributed by atoms with E-state index in [4.69, 9.17) is 8.83 Å². The van der Waals surface area contributed by atoms with E-state index >= 15 is 0 Å². The van der Waals surface area contributed by atoms with E-state index in [0.717, 1.165) is 94.3 Å². The predicted molar refractivity (Wildman–Crippen MR) is 247 cm³/mol. The standard InChI is InChI=1S/C56H35NO2/c1-3-14-36(15-4-1)43-33-32-42(53-47-20-9-11-24-51(47)58-55(43)53)39-26-29-40(30-27-39)57(49-23-13-22-45-41-19-8-7-18-38(41)28-31-46(45)49)50-35-34-44(37-16-5-2-6-17-37)56-54(50)48-21-10-12-25-52(48)59-56/h1-35H. The van der Waals surface area contributed by atoms with Crippen molar-refractivity contribution in [3.63, 3.8) is 0 Å². The second-order valence-corrected chi connectivity index (χ2v) is 15.2. The topological polar surface area (TPSA) is 29.5 Å². The Balaban J connectivity index is 1.10. The van der Waals surface area contributed by atoms with Crippen LogP contribution in [0.2, 0.25) is 0 Å².